The minimum atomic E-state index is -2.21. The second-order valence-electron chi connectivity index (χ2n) is 13.0. The van der Waals surface area contributed by atoms with Gasteiger partial charge in [0.2, 0.25) is 0 Å². The van der Waals surface area contributed by atoms with Gasteiger partial charge in [0.25, 0.3) is 18.6 Å². The molecule has 0 aromatic rings. The Morgan fingerprint density at radius 1 is 0.514 bits per heavy atom. The molecule has 0 spiro atoms. The lowest BCUT2D eigenvalue weighted by atomic mass is 10.5. The molecule has 0 aliphatic heterocycles. The zero-order valence-corrected chi connectivity index (χ0v) is 33.4. The monoisotopic (exact) mass is 620 g/mol. The highest BCUT2D eigenvalue weighted by Crippen LogP contribution is 2.23. The molecule has 2 atom stereocenters. The summed E-state index contributed by atoms with van der Waals surface area (Å²) in [6.07, 6.45) is 0.963. The van der Waals surface area contributed by atoms with E-state index in [-0.39, 0.29) is 0 Å². The third-order valence-electron chi connectivity index (χ3n) is 3.85. The summed E-state index contributed by atoms with van der Waals surface area (Å²) in [4.78, 5) is 0. The molecule has 0 amide bonds. The van der Waals surface area contributed by atoms with Crippen molar-refractivity contribution in [3.8, 4) is 0 Å². The predicted molar refractivity (Wildman–Crippen MR) is 169 cm³/mol. The fourth-order valence-electron chi connectivity index (χ4n) is 3.41. The van der Waals surface area contributed by atoms with Crippen LogP contribution in [0.3, 0.4) is 0 Å². The van der Waals surface area contributed by atoms with E-state index < -0.39 is 60.4 Å². The smallest absolute Gasteiger partial charge is 0.315 e. The largest absolute Gasteiger partial charge is 0.439 e. The van der Waals surface area contributed by atoms with Gasteiger partial charge in [-0.25, -0.2) is 0 Å². The van der Waals surface area contributed by atoms with Crippen molar-refractivity contribution in [3.05, 3.63) is 0 Å². The van der Waals surface area contributed by atoms with Crippen molar-refractivity contribution < 1.29 is 30.0 Å². The van der Waals surface area contributed by atoms with Gasteiger partial charge in [0.1, 0.15) is 0 Å². The first-order valence-electron chi connectivity index (χ1n) is 13.0. The molecule has 0 radical (unpaired) electrons. The van der Waals surface area contributed by atoms with Crippen molar-refractivity contribution >= 4 is 60.4 Å². The molecule has 2 unspecified atom stereocenters. The Morgan fingerprint density at radius 2 is 0.914 bits per heavy atom. The van der Waals surface area contributed by atoms with E-state index in [2.05, 4.69) is 98.2 Å². The van der Waals surface area contributed by atoms with Gasteiger partial charge in [0.15, 0.2) is 33.3 Å². The molecular weight excluding hydrogens is 561 g/mol. The van der Waals surface area contributed by atoms with Gasteiger partial charge in [-0.2, -0.15) is 0 Å². The fraction of sp³-hybridized carbons (Fsp3) is 1.00. The Kier molecular flexibility index (Phi) is 18.7. The Labute approximate surface area is 227 Å². The van der Waals surface area contributed by atoms with Crippen LogP contribution in [0, 0.1) is 0 Å². The highest BCUT2D eigenvalue weighted by atomic mass is 28.5. The maximum absolute atomic E-state index is 6.48. The number of ether oxygens (including phenoxy) is 2. The van der Waals surface area contributed by atoms with E-state index in [1.807, 2.05) is 0 Å². The Morgan fingerprint density at radius 3 is 1.26 bits per heavy atom. The molecule has 0 aliphatic carbocycles. The maximum atomic E-state index is 6.48. The fourth-order valence-corrected chi connectivity index (χ4v) is 26.9. The van der Waals surface area contributed by atoms with Crippen molar-refractivity contribution in [3.63, 3.8) is 0 Å². The molecule has 0 fully saturated rings. The van der Waals surface area contributed by atoms with Crippen molar-refractivity contribution in [1.82, 2.24) is 0 Å². The predicted octanol–water partition coefficient (Wildman–Crippen LogP) is 6.22. The summed E-state index contributed by atoms with van der Waals surface area (Å²) >= 11 is 0. The first kappa shape index (κ1) is 38.4. The second kappa shape index (κ2) is 17.0. The number of hydrogen-bond acceptors (Lipinski definition) is 7. The Balaban J connectivity index is 0. The van der Waals surface area contributed by atoms with E-state index in [4.69, 9.17) is 30.0 Å². The normalized spacial score (nSPS) is 16.0. The molecule has 0 N–H and O–H groups in total. The molecular formula is C21H60O7Si7. The lowest BCUT2D eigenvalue weighted by Crippen LogP contribution is -2.51. The molecule has 0 aromatic carbocycles. The SMILES string of the molecule is COCCOCCC[Si](C)(O[SiH](C)O[Si](C)(C)C)O[Si](C)(C)C.C[SiH](O[Si](C)(C)C)O[Si](C)(C)C. The van der Waals surface area contributed by atoms with E-state index in [9.17, 15) is 0 Å². The zero-order chi connectivity index (χ0) is 28.1. The van der Waals surface area contributed by atoms with Crippen LogP contribution in [0.1, 0.15) is 6.42 Å². The van der Waals surface area contributed by atoms with Gasteiger partial charge in [-0.3, -0.25) is 0 Å². The first-order valence-corrected chi connectivity index (χ1v) is 33.3. The van der Waals surface area contributed by atoms with Gasteiger partial charge in [0.05, 0.1) is 13.2 Å². The summed E-state index contributed by atoms with van der Waals surface area (Å²) in [6, 6.07) is 0.955. The molecule has 0 aromatic heterocycles. The van der Waals surface area contributed by atoms with Gasteiger partial charge in [-0.1, -0.05) is 0 Å². The molecule has 35 heavy (non-hydrogen) atoms. The number of hydrogen-bond donors (Lipinski definition) is 0. The summed E-state index contributed by atoms with van der Waals surface area (Å²) < 4.78 is 41.5. The Hall–Kier alpha value is 1.24. The quantitative estimate of drug-likeness (QED) is 0.141. The van der Waals surface area contributed by atoms with Crippen molar-refractivity contribution in [2.45, 2.75) is 111 Å². The van der Waals surface area contributed by atoms with E-state index >= 15 is 0 Å². The van der Waals surface area contributed by atoms with E-state index in [0.717, 1.165) is 19.1 Å². The van der Waals surface area contributed by atoms with Crippen molar-refractivity contribution in [2.75, 3.05) is 26.9 Å². The van der Waals surface area contributed by atoms with Gasteiger partial charge >= 0.3 is 8.56 Å². The van der Waals surface area contributed by atoms with Crippen LogP contribution >= 0.6 is 0 Å². The van der Waals surface area contributed by atoms with Crippen LogP contribution in [0.25, 0.3) is 0 Å². The van der Waals surface area contributed by atoms with E-state index in [0.29, 0.717) is 13.2 Å². The van der Waals surface area contributed by atoms with E-state index in [1.165, 1.54) is 0 Å². The van der Waals surface area contributed by atoms with Gasteiger partial charge < -0.3 is 30.0 Å². The van der Waals surface area contributed by atoms with Crippen LogP contribution in [0.2, 0.25) is 104 Å². The lowest BCUT2D eigenvalue weighted by molar-refractivity contribution is 0.0703. The molecule has 7 nitrogen and oxygen atoms in total. The van der Waals surface area contributed by atoms with Gasteiger partial charge in [-0.15, -0.1) is 0 Å². The molecule has 0 aliphatic rings. The van der Waals surface area contributed by atoms with Crippen molar-refractivity contribution in [2.24, 2.45) is 0 Å². The molecule has 0 rings (SSSR count). The third-order valence-corrected chi connectivity index (χ3v) is 25.1. The van der Waals surface area contributed by atoms with Crippen LogP contribution in [0.5, 0.6) is 0 Å². The topological polar surface area (TPSA) is 64.6 Å². The minimum Gasteiger partial charge on any atom is -0.439 e. The maximum Gasteiger partial charge on any atom is 0.315 e. The number of methoxy groups -OCH3 is 1. The van der Waals surface area contributed by atoms with E-state index in [1.54, 1.807) is 7.11 Å². The van der Waals surface area contributed by atoms with Crippen LogP contribution < -0.4 is 0 Å². The molecule has 214 valence electrons. The summed E-state index contributed by atoms with van der Waals surface area (Å²) in [5.74, 6) is 0. The molecule has 14 heteroatoms. The highest BCUT2D eigenvalue weighted by molar-refractivity contribution is 6.85. The summed E-state index contributed by atoms with van der Waals surface area (Å²) in [7, 11) is -9.42. The average molecular weight is 621 g/mol. The zero-order valence-electron chi connectivity index (χ0n) is 26.0. The van der Waals surface area contributed by atoms with Gasteiger partial charge in [0, 0.05) is 13.7 Å². The third kappa shape index (κ3) is 29.6. The highest BCUT2D eigenvalue weighted by Gasteiger charge is 2.38. The minimum absolute atomic E-state index is 0.643. The molecule has 0 bridgehead atoms. The first-order chi connectivity index (χ1) is 15.5. The summed E-state index contributed by atoms with van der Waals surface area (Å²) in [5, 5.41) is 0. The van der Waals surface area contributed by atoms with Gasteiger partial charge in [-0.05, 0) is 111 Å². The number of rotatable bonds is 17. The van der Waals surface area contributed by atoms with Crippen LogP contribution in [0.15, 0.2) is 0 Å². The van der Waals surface area contributed by atoms with Crippen LogP contribution in [-0.4, -0.2) is 87.3 Å². The van der Waals surface area contributed by atoms with Crippen LogP contribution in [-0.2, 0) is 30.0 Å². The molecule has 0 saturated carbocycles. The lowest BCUT2D eigenvalue weighted by Gasteiger charge is -2.37. The summed E-state index contributed by atoms with van der Waals surface area (Å²) in [5.41, 5.74) is 0. The van der Waals surface area contributed by atoms with Crippen molar-refractivity contribution in [1.29, 1.82) is 0 Å². The summed E-state index contributed by atoms with van der Waals surface area (Å²) in [6.45, 7) is 35.1. The molecule has 0 saturated heterocycles. The average Bonchev–Trinajstić information content (AvgIpc) is 2.51. The van der Waals surface area contributed by atoms with Crippen LogP contribution in [0.4, 0.5) is 0 Å². The Bertz CT molecular complexity index is 530. The molecule has 0 heterocycles. The standard InChI is InChI=1S/C14H38O5Si4.C7H22O2Si3/c1-15-12-13-16-11-10-14-23(9,19-22(6,7)8)18-20(2)17-21(3,4)5;1-10(8-11(2,3)4)9-12(5,6)7/h20H,10-14H2,1-9H3;10H,1-7H3. The second-order valence-corrected chi connectivity index (χ2v) is 39.5.